The van der Waals surface area contributed by atoms with E-state index in [2.05, 4.69) is 5.32 Å². The molecule has 0 saturated carbocycles. The minimum Gasteiger partial charge on any atom is -0.354 e. The number of sulfonamides is 1. The number of hydrogen-bond acceptors (Lipinski definition) is 5. The molecule has 0 aliphatic rings. The minimum atomic E-state index is -3.91. The Morgan fingerprint density at radius 1 is 0.872 bits per heavy atom. The molecule has 1 N–H and O–H groups in total. The van der Waals surface area contributed by atoms with Gasteiger partial charge in [0.15, 0.2) is 5.78 Å². The van der Waals surface area contributed by atoms with Gasteiger partial charge in [-0.3, -0.25) is 18.7 Å². The third-order valence-corrected chi connectivity index (χ3v) is 7.38. The fourth-order valence-electron chi connectivity index (χ4n) is 4.19. The van der Waals surface area contributed by atoms with Crippen LogP contribution in [0.1, 0.15) is 41.8 Å². The maximum atomic E-state index is 14.0. The van der Waals surface area contributed by atoms with E-state index >= 15 is 0 Å². The highest BCUT2D eigenvalue weighted by molar-refractivity contribution is 7.92. The molecule has 8 nitrogen and oxygen atoms in total. The van der Waals surface area contributed by atoms with Crippen molar-refractivity contribution < 1.29 is 22.8 Å². The molecular weight excluding hydrogens is 514 g/mol. The van der Waals surface area contributed by atoms with Crippen LogP contribution in [0, 0.1) is 0 Å². The van der Waals surface area contributed by atoms with Gasteiger partial charge in [-0.05, 0) is 36.6 Å². The van der Waals surface area contributed by atoms with E-state index in [1.54, 1.807) is 12.1 Å². The van der Waals surface area contributed by atoms with Crippen molar-refractivity contribution in [2.45, 2.75) is 39.3 Å². The van der Waals surface area contributed by atoms with Crippen LogP contribution in [0.5, 0.6) is 0 Å². The first kappa shape index (κ1) is 29.6. The van der Waals surface area contributed by atoms with E-state index in [0.717, 1.165) is 28.1 Å². The molecule has 0 aliphatic heterocycles. The number of Topliss-reactive ketones (excluding diaryl/α,β-unsaturated/α-hetero) is 1. The average Bonchev–Trinajstić information content (AvgIpc) is 2.92. The minimum absolute atomic E-state index is 0.113. The first-order valence-corrected chi connectivity index (χ1v) is 14.7. The van der Waals surface area contributed by atoms with Crippen LogP contribution >= 0.6 is 0 Å². The number of benzene rings is 3. The van der Waals surface area contributed by atoms with Crippen molar-refractivity contribution in [1.29, 1.82) is 0 Å². The summed E-state index contributed by atoms with van der Waals surface area (Å²) in [5.41, 5.74) is 2.20. The molecule has 1 atom stereocenters. The quantitative estimate of drug-likeness (QED) is 0.327. The van der Waals surface area contributed by atoms with Gasteiger partial charge in [-0.25, -0.2) is 8.42 Å². The molecule has 0 bridgehead atoms. The lowest BCUT2D eigenvalue weighted by Crippen LogP contribution is -2.53. The second kappa shape index (κ2) is 13.7. The summed E-state index contributed by atoms with van der Waals surface area (Å²) in [6.45, 7) is 3.37. The number of hydrogen-bond donors (Lipinski definition) is 1. The van der Waals surface area contributed by atoms with Crippen molar-refractivity contribution >= 4 is 33.3 Å². The van der Waals surface area contributed by atoms with E-state index in [1.165, 1.54) is 24.0 Å². The Hall–Kier alpha value is -3.98. The first-order chi connectivity index (χ1) is 18.6. The Morgan fingerprint density at radius 3 is 2.05 bits per heavy atom. The third kappa shape index (κ3) is 8.51. The summed E-state index contributed by atoms with van der Waals surface area (Å²) in [7, 11) is -3.91. The van der Waals surface area contributed by atoms with Crippen LogP contribution in [0.15, 0.2) is 84.9 Å². The zero-order valence-corrected chi connectivity index (χ0v) is 23.4. The molecule has 3 aromatic carbocycles. The summed E-state index contributed by atoms with van der Waals surface area (Å²) in [6.07, 6.45) is 2.00. The Bertz CT molecular complexity index is 1380. The van der Waals surface area contributed by atoms with Crippen molar-refractivity contribution in [2.24, 2.45) is 0 Å². The van der Waals surface area contributed by atoms with Gasteiger partial charge in [0.2, 0.25) is 21.8 Å². The lowest BCUT2D eigenvalue weighted by molar-refractivity contribution is -0.140. The molecule has 9 heteroatoms. The summed E-state index contributed by atoms with van der Waals surface area (Å²) in [5.74, 6) is -1.07. The molecule has 0 heterocycles. The molecule has 3 aromatic rings. The number of carbonyl (C=O) groups is 3. The third-order valence-electron chi connectivity index (χ3n) is 6.24. The SMILES string of the molecule is CCCNC(=O)[C@@H](Cc1ccccc1)N(Cc1ccccc1)C(=O)CN(c1cccc(C(C)=O)c1)S(C)(=O)=O. The van der Waals surface area contributed by atoms with Crippen LogP contribution in [0.4, 0.5) is 5.69 Å². The summed E-state index contributed by atoms with van der Waals surface area (Å²) in [6, 6.07) is 23.9. The highest BCUT2D eigenvalue weighted by Gasteiger charge is 2.33. The molecule has 3 rings (SSSR count). The van der Waals surface area contributed by atoms with Crippen molar-refractivity contribution in [3.8, 4) is 0 Å². The van der Waals surface area contributed by atoms with Crippen LogP contribution < -0.4 is 9.62 Å². The number of amides is 2. The standard InChI is InChI=1S/C30H35N3O5S/c1-4-18-31-30(36)28(19-24-12-7-5-8-13-24)32(21-25-14-9-6-10-15-25)29(35)22-33(39(3,37)38)27-17-11-16-26(20-27)23(2)34/h5-17,20,28H,4,18-19,21-22H2,1-3H3,(H,31,36)/t28-/m1/s1. The topological polar surface area (TPSA) is 104 Å². The fraction of sp³-hybridized carbons (Fsp3) is 0.300. The smallest absolute Gasteiger partial charge is 0.244 e. The van der Waals surface area contributed by atoms with E-state index in [0.29, 0.717) is 12.1 Å². The molecular formula is C30H35N3O5S. The maximum Gasteiger partial charge on any atom is 0.244 e. The predicted octanol–water partition coefficient (Wildman–Crippen LogP) is 3.82. The van der Waals surface area contributed by atoms with Gasteiger partial charge in [-0.15, -0.1) is 0 Å². The van der Waals surface area contributed by atoms with E-state index in [4.69, 9.17) is 0 Å². The summed E-state index contributed by atoms with van der Waals surface area (Å²) in [4.78, 5) is 40.8. The highest BCUT2D eigenvalue weighted by Crippen LogP contribution is 2.22. The van der Waals surface area contributed by atoms with Gasteiger partial charge >= 0.3 is 0 Å². The molecule has 0 radical (unpaired) electrons. The zero-order valence-electron chi connectivity index (χ0n) is 22.5. The normalized spacial score (nSPS) is 11.9. The lowest BCUT2D eigenvalue weighted by Gasteiger charge is -2.33. The average molecular weight is 550 g/mol. The Kier molecular flexibility index (Phi) is 10.4. The summed E-state index contributed by atoms with van der Waals surface area (Å²) < 4.78 is 26.7. The Labute approximate surface area is 230 Å². The van der Waals surface area contributed by atoms with Crippen LogP contribution in [-0.2, 0) is 32.6 Å². The van der Waals surface area contributed by atoms with Crippen molar-refractivity contribution in [2.75, 3.05) is 23.7 Å². The van der Waals surface area contributed by atoms with E-state index in [9.17, 15) is 22.8 Å². The van der Waals surface area contributed by atoms with Crippen LogP contribution in [0.25, 0.3) is 0 Å². The van der Waals surface area contributed by atoms with Gasteiger partial charge in [0.25, 0.3) is 0 Å². The Morgan fingerprint density at radius 2 is 1.49 bits per heavy atom. The molecule has 2 amide bonds. The van der Waals surface area contributed by atoms with E-state index in [1.807, 2.05) is 67.6 Å². The zero-order chi connectivity index (χ0) is 28.4. The van der Waals surface area contributed by atoms with Gasteiger partial charge in [0, 0.05) is 25.1 Å². The summed E-state index contributed by atoms with van der Waals surface area (Å²) >= 11 is 0. The van der Waals surface area contributed by atoms with Crippen molar-refractivity contribution in [3.05, 3.63) is 102 Å². The van der Waals surface area contributed by atoms with Crippen LogP contribution in [-0.4, -0.2) is 56.3 Å². The maximum absolute atomic E-state index is 14.0. The van der Waals surface area contributed by atoms with Gasteiger partial charge in [0.1, 0.15) is 12.6 Å². The van der Waals surface area contributed by atoms with Gasteiger partial charge in [-0.1, -0.05) is 79.7 Å². The molecule has 0 saturated heterocycles. The molecule has 0 fully saturated rings. The fourth-order valence-corrected chi connectivity index (χ4v) is 5.04. The molecule has 0 aromatic heterocycles. The largest absolute Gasteiger partial charge is 0.354 e. The molecule has 206 valence electrons. The van der Waals surface area contributed by atoms with E-state index < -0.39 is 28.5 Å². The molecule has 0 unspecified atom stereocenters. The predicted molar refractivity (Wildman–Crippen MR) is 153 cm³/mol. The number of nitrogens with zero attached hydrogens (tertiary/aromatic N) is 2. The molecule has 39 heavy (non-hydrogen) atoms. The molecule has 0 spiro atoms. The van der Waals surface area contributed by atoms with Crippen molar-refractivity contribution in [1.82, 2.24) is 10.2 Å². The van der Waals surface area contributed by atoms with Gasteiger partial charge < -0.3 is 10.2 Å². The Balaban J connectivity index is 2.04. The monoisotopic (exact) mass is 549 g/mol. The van der Waals surface area contributed by atoms with Gasteiger partial charge in [-0.2, -0.15) is 0 Å². The summed E-state index contributed by atoms with van der Waals surface area (Å²) in [5, 5.41) is 2.91. The van der Waals surface area contributed by atoms with Crippen LogP contribution in [0.2, 0.25) is 0 Å². The highest BCUT2D eigenvalue weighted by atomic mass is 32.2. The second-order valence-corrected chi connectivity index (χ2v) is 11.3. The molecule has 0 aliphatic carbocycles. The number of ketones is 1. The van der Waals surface area contributed by atoms with Gasteiger partial charge in [0.05, 0.1) is 11.9 Å². The number of carbonyl (C=O) groups excluding carboxylic acids is 3. The number of rotatable bonds is 13. The second-order valence-electron chi connectivity index (χ2n) is 9.38. The number of nitrogens with one attached hydrogen (secondary N) is 1. The van der Waals surface area contributed by atoms with E-state index in [-0.39, 0.29) is 30.3 Å². The van der Waals surface area contributed by atoms with Crippen molar-refractivity contribution in [3.63, 3.8) is 0 Å². The number of anilines is 1. The van der Waals surface area contributed by atoms with Crippen LogP contribution in [0.3, 0.4) is 0 Å². The lowest BCUT2D eigenvalue weighted by atomic mass is 10.0. The first-order valence-electron chi connectivity index (χ1n) is 12.8.